The Labute approximate surface area is 76.0 Å². The zero-order chi connectivity index (χ0) is 10.0. The molecule has 3 heteroatoms. The zero-order valence-electron chi connectivity index (χ0n) is 7.50. The van der Waals surface area contributed by atoms with Crippen molar-refractivity contribution in [3.05, 3.63) is 29.3 Å². The van der Waals surface area contributed by atoms with Crippen LogP contribution in [0.25, 0.3) is 0 Å². The third-order valence-electron chi connectivity index (χ3n) is 1.76. The number of aromatic hydroxyl groups is 1. The van der Waals surface area contributed by atoms with Crippen molar-refractivity contribution in [3.63, 3.8) is 0 Å². The van der Waals surface area contributed by atoms with Crippen molar-refractivity contribution in [2.45, 2.75) is 13.8 Å². The zero-order valence-corrected chi connectivity index (χ0v) is 7.50. The summed E-state index contributed by atoms with van der Waals surface area (Å²) in [6, 6.07) is 4.15. The van der Waals surface area contributed by atoms with E-state index in [4.69, 9.17) is 5.11 Å². The number of hydrogen-bond acceptors (Lipinski definition) is 3. The van der Waals surface area contributed by atoms with Gasteiger partial charge in [-0.2, -0.15) is 0 Å². The van der Waals surface area contributed by atoms with Crippen molar-refractivity contribution >= 4 is 11.6 Å². The Kier molecular flexibility index (Phi) is 2.46. The lowest BCUT2D eigenvalue weighted by molar-refractivity contribution is 0.0980. The van der Waals surface area contributed by atoms with Gasteiger partial charge in [0.05, 0.1) is 0 Å². The Morgan fingerprint density at radius 1 is 1.08 bits per heavy atom. The second kappa shape index (κ2) is 3.39. The molecule has 0 aliphatic rings. The molecule has 0 unspecified atom stereocenters. The largest absolute Gasteiger partial charge is 0.508 e. The average Bonchev–Trinajstić information content (AvgIpc) is 2.03. The van der Waals surface area contributed by atoms with Gasteiger partial charge in [0.2, 0.25) is 0 Å². The number of carbonyl (C=O) groups is 2. The van der Waals surface area contributed by atoms with E-state index in [2.05, 4.69) is 0 Å². The number of phenolic OH excluding ortho intramolecular Hbond substituents is 1. The number of hydrogen-bond donors (Lipinski definition) is 1. The van der Waals surface area contributed by atoms with Gasteiger partial charge in [-0.05, 0) is 32.0 Å². The van der Waals surface area contributed by atoms with Gasteiger partial charge in [0, 0.05) is 11.1 Å². The molecule has 0 spiro atoms. The summed E-state index contributed by atoms with van der Waals surface area (Å²) in [4.78, 5) is 22.1. The molecule has 68 valence electrons. The molecule has 0 atom stereocenters. The Hall–Kier alpha value is -1.64. The van der Waals surface area contributed by atoms with Crippen LogP contribution in [0.4, 0.5) is 0 Å². The number of phenols is 1. The van der Waals surface area contributed by atoms with E-state index in [0.29, 0.717) is 5.56 Å². The Balaban J connectivity index is 3.35. The molecular formula is C10H10O3. The molecule has 1 aromatic carbocycles. The molecule has 0 aliphatic carbocycles. The molecule has 13 heavy (non-hydrogen) atoms. The first kappa shape index (κ1) is 9.45. The monoisotopic (exact) mass is 178 g/mol. The maximum atomic E-state index is 11.1. The third-order valence-corrected chi connectivity index (χ3v) is 1.76. The molecule has 0 amide bonds. The minimum absolute atomic E-state index is 0.00444. The molecule has 0 saturated heterocycles. The smallest absolute Gasteiger partial charge is 0.160 e. The molecule has 0 heterocycles. The summed E-state index contributed by atoms with van der Waals surface area (Å²) >= 11 is 0. The van der Waals surface area contributed by atoms with Crippen LogP contribution in [0.3, 0.4) is 0 Å². The predicted octanol–water partition coefficient (Wildman–Crippen LogP) is 1.80. The highest BCUT2D eigenvalue weighted by Gasteiger charge is 2.11. The summed E-state index contributed by atoms with van der Waals surface area (Å²) in [6.45, 7) is 2.75. The van der Waals surface area contributed by atoms with Gasteiger partial charge >= 0.3 is 0 Å². The van der Waals surface area contributed by atoms with Crippen LogP contribution in [0.15, 0.2) is 18.2 Å². The van der Waals surface area contributed by atoms with Crippen molar-refractivity contribution in [1.29, 1.82) is 0 Å². The van der Waals surface area contributed by atoms with Crippen LogP contribution in [0.5, 0.6) is 5.75 Å². The van der Waals surface area contributed by atoms with Gasteiger partial charge in [0.25, 0.3) is 0 Å². The second-order valence-corrected chi connectivity index (χ2v) is 2.84. The standard InChI is InChI=1S/C10H10O3/c1-6(11)9-4-3-8(13)5-10(9)7(2)12/h3-5,13H,1-2H3. The van der Waals surface area contributed by atoms with Crippen LogP contribution in [-0.4, -0.2) is 16.7 Å². The summed E-state index contributed by atoms with van der Waals surface area (Å²) in [5, 5.41) is 9.10. The maximum absolute atomic E-state index is 11.1. The number of ketones is 2. The summed E-state index contributed by atoms with van der Waals surface area (Å²) in [5.41, 5.74) is 0.623. The van der Waals surface area contributed by atoms with Crippen LogP contribution >= 0.6 is 0 Å². The van der Waals surface area contributed by atoms with Gasteiger partial charge in [0.1, 0.15) is 5.75 Å². The Morgan fingerprint density at radius 2 is 1.62 bits per heavy atom. The van der Waals surface area contributed by atoms with Crippen LogP contribution < -0.4 is 0 Å². The summed E-state index contributed by atoms with van der Waals surface area (Å²) in [7, 11) is 0. The molecular weight excluding hydrogens is 168 g/mol. The third kappa shape index (κ3) is 1.93. The van der Waals surface area contributed by atoms with Gasteiger partial charge in [0.15, 0.2) is 11.6 Å². The van der Waals surface area contributed by atoms with E-state index < -0.39 is 0 Å². The van der Waals surface area contributed by atoms with E-state index in [1.165, 1.54) is 32.0 Å². The van der Waals surface area contributed by atoms with Crippen LogP contribution in [0.1, 0.15) is 34.6 Å². The minimum atomic E-state index is -0.221. The van der Waals surface area contributed by atoms with Crippen molar-refractivity contribution in [2.75, 3.05) is 0 Å². The van der Waals surface area contributed by atoms with E-state index >= 15 is 0 Å². The highest BCUT2D eigenvalue weighted by molar-refractivity contribution is 6.07. The SMILES string of the molecule is CC(=O)c1ccc(O)cc1C(C)=O. The van der Waals surface area contributed by atoms with Crippen molar-refractivity contribution < 1.29 is 14.7 Å². The molecule has 0 bridgehead atoms. The van der Waals surface area contributed by atoms with Gasteiger partial charge < -0.3 is 5.11 Å². The molecule has 1 N–H and O–H groups in total. The summed E-state index contributed by atoms with van der Waals surface area (Å²) in [6.07, 6.45) is 0. The van der Waals surface area contributed by atoms with Crippen molar-refractivity contribution in [1.82, 2.24) is 0 Å². The Morgan fingerprint density at radius 3 is 2.08 bits per heavy atom. The molecule has 3 nitrogen and oxygen atoms in total. The quantitative estimate of drug-likeness (QED) is 0.702. The maximum Gasteiger partial charge on any atom is 0.160 e. The van der Waals surface area contributed by atoms with Gasteiger partial charge in [-0.15, -0.1) is 0 Å². The van der Waals surface area contributed by atoms with E-state index in [1.807, 2.05) is 0 Å². The van der Waals surface area contributed by atoms with Crippen molar-refractivity contribution in [2.24, 2.45) is 0 Å². The van der Waals surface area contributed by atoms with Gasteiger partial charge in [-0.25, -0.2) is 0 Å². The fourth-order valence-corrected chi connectivity index (χ4v) is 1.13. The molecule has 1 aromatic rings. The molecule has 0 saturated carbocycles. The lowest BCUT2D eigenvalue weighted by Crippen LogP contribution is -2.03. The lowest BCUT2D eigenvalue weighted by atomic mass is 10.0. The van der Waals surface area contributed by atoms with E-state index in [0.717, 1.165) is 0 Å². The Bertz CT molecular complexity index is 366. The summed E-state index contributed by atoms with van der Waals surface area (Å²) < 4.78 is 0. The fraction of sp³-hybridized carbons (Fsp3) is 0.200. The molecule has 0 aromatic heterocycles. The predicted molar refractivity (Wildman–Crippen MR) is 48.1 cm³/mol. The molecule has 1 rings (SSSR count). The first-order valence-corrected chi connectivity index (χ1v) is 3.87. The highest BCUT2D eigenvalue weighted by Crippen LogP contribution is 2.17. The topological polar surface area (TPSA) is 54.4 Å². The lowest BCUT2D eigenvalue weighted by Gasteiger charge is -2.03. The van der Waals surface area contributed by atoms with Crippen LogP contribution in [-0.2, 0) is 0 Å². The van der Waals surface area contributed by atoms with E-state index in [-0.39, 0.29) is 22.9 Å². The number of Topliss-reactive ketones (excluding diaryl/α,β-unsaturated/α-hetero) is 2. The number of rotatable bonds is 2. The average molecular weight is 178 g/mol. The molecule has 0 radical (unpaired) electrons. The highest BCUT2D eigenvalue weighted by atomic mass is 16.3. The first-order valence-electron chi connectivity index (χ1n) is 3.87. The van der Waals surface area contributed by atoms with Crippen molar-refractivity contribution in [3.8, 4) is 5.75 Å². The second-order valence-electron chi connectivity index (χ2n) is 2.84. The van der Waals surface area contributed by atoms with E-state index in [9.17, 15) is 9.59 Å². The van der Waals surface area contributed by atoms with Gasteiger partial charge in [-0.1, -0.05) is 0 Å². The van der Waals surface area contributed by atoms with Gasteiger partial charge in [-0.3, -0.25) is 9.59 Å². The molecule has 0 aliphatic heterocycles. The number of carbonyl (C=O) groups excluding carboxylic acids is 2. The first-order chi connectivity index (χ1) is 6.02. The number of benzene rings is 1. The fourth-order valence-electron chi connectivity index (χ4n) is 1.13. The normalized spacial score (nSPS) is 9.69. The van der Waals surface area contributed by atoms with E-state index in [1.54, 1.807) is 0 Å². The molecule has 0 fully saturated rings. The van der Waals surface area contributed by atoms with Crippen LogP contribution in [0, 0.1) is 0 Å². The van der Waals surface area contributed by atoms with Crippen LogP contribution in [0.2, 0.25) is 0 Å². The minimum Gasteiger partial charge on any atom is -0.508 e. The summed E-state index contributed by atoms with van der Waals surface area (Å²) in [5.74, 6) is -0.401.